The molecule has 0 atom stereocenters. The number of benzene rings is 6. The molecule has 3 heteroatoms. The zero-order valence-electron chi connectivity index (χ0n) is 22.8. The van der Waals surface area contributed by atoms with E-state index in [-0.39, 0.29) is 6.71 Å². The standard InChI is InChI=1S/C38H30BPS/c41-40(35-27-15-5-16-28-35,36-29-17-6-18-30-36)38(32-21-9-2-10-22-32)37(31-19-7-1-8-20-31)39(33-23-11-3-12-24-33)34-25-13-4-14-26-34/h1-30H/b38-37-. The van der Waals surface area contributed by atoms with Crippen LogP contribution in [0.25, 0.3) is 10.8 Å². The second-order valence-electron chi connectivity index (χ2n) is 10.0. The predicted molar refractivity (Wildman–Crippen MR) is 184 cm³/mol. The quantitative estimate of drug-likeness (QED) is 0.105. The van der Waals surface area contributed by atoms with Crippen molar-refractivity contribution in [2.45, 2.75) is 0 Å². The molecular weight excluding hydrogens is 530 g/mol. The van der Waals surface area contributed by atoms with Gasteiger partial charge in [-0.1, -0.05) is 210 Å². The van der Waals surface area contributed by atoms with E-state index in [4.69, 9.17) is 11.8 Å². The third-order valence-electron chi connectivity index (χ3n) is 7.50. The number of hydrogen-bond donors (Lipinski definition) is 0. The van der Waals surface area contributed by atoms with Gasteiger partial charge in [0.1, 0.15) is 0 Å². The molecule has 0 aliphatic rings. The molecule has 0 heterocycles. The van der Waals surface area contributed by atoms with Crippen LogP contribution in [0.3, 0.4) is 0 Å². The van der Waals surface area contributed by atoms with Gasteiger partial charge in [0.25, 0.3) is 0 Å². The van der Waals surface area contributed by atoms with Crippen molar-refractivity contribution in [3.05, 3.63) is 193 Å². The molecule has 0 amide bonds. The van der Waals surface area contributed by atoms with Crippen LogP contribution in [0.15, 0.2) is 182 Å². The Bertz CT molecular complexity index is 1690. The molecule has 0 fully saturated rings. The Hall–Kier alpha value is -4.23. The van der Waals surface area contributed by atoms with Gasteiger partial charge in [-0.2, -0.15) is 0 Å². The first-order valence-corrected chi connectivity index (χ1v) is 16.7. The highest BCUT2D eigenvalue weighted by Crippen LogP contribution is 2.60. The summed E-state index contributed by atoms with van der Waals surface area (Å²) in [5.41, 5.74) is 6.09. The van der Waals surface area contributed by atoms with Crippen LogP contribution in [0.2, 0.25) is 0 Å². The smallest absolute Gasteiger partial charge is 0.0826 e. The van der Waals surface area contributed by atoms with E-state index in [9.17, 15) is 0 Å². The van der Waals surface area contributed by atoms with Crippen molar-refractivity contribution in [1.82, 2.24) is 0 Å². The van der Waals surface area contributed by atoms with Gasteiger partial charge in [0.05, 0.1) is 0 Å². The molecule has 0 unspecified atom stereocenters. The monoisotopic (exact) mass is 560 g/mol. The lowest BCUT2D eigenvalue weighted by atomic mass is 9.35. The van der Waals surface area contributed by atoms with E-state index in [0.717, 1.165) is 0 Å². The second-order valence-corrected chi connectivity index (χ2v) is 14.4. The van der Waals surface area contributed by atoms with Crippen molar-refractivity contribution < 1.29 is 0 Å². The van der Waals surface area contributed by atoms with Crippen molar-refractivity contribution >= 4 is 56.9 Å². The predicted octanol–water partition coefficient (Wildman–Crippen LogP) is 7.53. The van der Waals surface area contributed by atoms with Crippen molar-refractivity contribution in [2.75, 3.05) is 0 Å². The van der Waals surface area contributed by atoms with Crippen LogP contribution >= 0.6 is 6.04 Å². The highest BCUT2D eigenvalue weighted by molar-refractivity contribution is 8.27. The van der Waals surface area contributed by atoms with Crippen molar-refractivity contribution in [1.29, 1.82) is 0 Å². The summed E-state index contributed by atoms with van der Waals surface area (Å²) in [6.45, 7) is -0.0234. The molecule has 0 aliphatic heterocycles. The first kappa shape index (κ1) is 27.0. The van der Waals surface area contributed by atoms with E-state index < -0.39 is 6.04 Å². The van der Waals surface area contributed by atoms with Crippen molar-refractivity contribution in [3.8, 4) is 0 Å². The van der Waals surface area contributed by atoms with E-state index in [1.807, 2.05) is 0 Å². The fourth-order valence-corrected chi connectivity index (χ4v) is 10.1. The summed E-state index contributed by atoms with van der Waals surface area (Å²) in [5.74, 6) is 0. The molecule has 0 aliphatic carbocycles. The molecule has 0 bridgehead atoms. The van der Waals surface area contributed by atoms with Crippen LogP contribution in [-0.4, -0.2) is 6.71 Å². The zero-order chi connectivity index (χ0) is 27.9. The molecule has 0 radical (unpaired) electrons. The Kier molecular flexibility index (Phi) is 8.24. The van der Waals surface area contributed by atoms with Gasteiger partial charge in [0.2, 0.25) is 6.71 Å². The van der Waals surface area contributed by atoms with E-state index >= 15 is 0 Å². The Balaban J connectivity index is 1.83. The van der Waals surface area contributed by atoms with Crippen LogP contribution < -0.4 is 21.5 Å². The minimum absolute atomic E-state index is 0.0234. The SMILES string of the molecule is S=P(/C(=C(\B(c1ccccc1)c1ccccc1)c1ccccc1)c1ccccc1)(c1ccccc1)c1ccccc1. The lowest BCUT2D eigenvalue weighted by molar-refractivity contribution is 1.62. The molecular formula is C38H30BPS. The lowest BCUT2D eigenvalue weighted by Gasteiger charge is -2.32. The van der Waals surface area contributed by atoms with Gasteiger partial charge in [0, 0.05) is 6.04 Å². The van der Waals surface area contributed by atoms with Crippen molar-refractivity contribution in [2.24, 2.45) is 0 Å². The van der Waals surface area contributed by atoms with Crippen LogP contribution in [-0.2, 0) is 11.8 Å². The summed E-state index contributed by atoms with van der Waals surface area (Å²) >= 11 is 7.09. The van der Waals surface area contributed by atoms with Gasteiger partial charge in [-0.25, -0.2) is 0 Å². The molecule has 6 aromatic carbocycles. The second kappa shape index (κ2) is 12.5. The molecule has 0 saturated carbocycles. The lowest BCUT2D eigenvalue weighted by Crippen LogP contribution is -2.44. The third-order valence-corrected chi connectivity index (χ3v) is 12.5. The first-order chi connectivity index (χ1) is 20.3. The highest BCUT2D eigenvalue weighted by atomic mass is 32.4. The number of rotatable bonds is 8. The molecule has 0 aromatic heterocycles. The maximum atomic E-state index is 7.09. The summed E-state index contributed by atoms with van der Waals surface area (Å²) < 4.78 is 0. The highest BCUT2D eigenvalue weighted by Gasteiger charge is 2.36. The largest absolute Gasteiger partial charge is 0.242 e. The van der Waals surface area contributed by atoms with E-state index in [0.29, 0.717) is 0 Å². The Labute approximate surface area is 249 Å². The first-order valence-electron chi connectivity index (χ1n) is 13.9. The normalized spacial score (nSPS) is 11.9. The van der Waals surface area contributed by atoms with Crippen LogP contribution in [0.5, 0.6) is 0 Å². The fourth-order valence-electron chi connectivity index (χ4n) is 5.66. The topological polar surface area (TPSA) is 0 Å². The molecule has 0 saturated heterocycles. The molecule has 196 valence electrons. The van der Waals surface area contributed by atoms with Gasteiger partial charge in [0.15, 0.2) is 0 Å². The third kappa shape index (κ3) is 5.55. The Morgan fingerprint density at radius 2 is 0.707 bits per heavy atom. The van der Waals surface area contributed by atoms with E-state index in [2.05, 4.69) is 182 Å². The molecule has 6 rings (SSSR count). The van der Waals surface area contributed by atoms with E-state index in [1.54, 1.807) is 0 Å². The van der Waals surface area contributed by atoms with Gasteiger partial charge in [-0.3, -0.25) is 0 Å². The van der Waals surface area contributed by atoms with Gasteiger partial charge in [-0.05, 0) is 27.1 Å². The minimum atomic E-state index is -2.56. The molecule has 41 heavy (non-hydrogen) atoms. The summed E-state index contributed by atoms with van der Waals surface area (Å²) in [5, 5.41) is 3.61. The van der Waals surface area contributed by atoms with Crippen LogP contribution in [0.1, 0.15) is 11.1 Å². The van der Waals surface area contributed by atoms with E-state index in [1.165, 1.54) is 43.4 Å². The molecule has 0 nitrogen and oxygen atoms in total. The molecule has 0 N–H and O–H groups in total. The summed E-state index contributed by atoms with van der Waals surface area (Å²) in [7, 11) is 0. The zero-order valence-corrected chi connectivity index (χ0v) is 24.5. The Morgan fingerprint density at radius 1 is 0.390 bits per heavy atom. The van der Waals surface area contributed by atoms with Crippen LogP contribution in [0, 0.1) is 0 Å². The fraction of sp³-hybridized carbons (Fsp3) is 0. The van der Waals surface area contributed by atoms with Gasteiger partial charge >= 0.3 is 0 Å². The van der Waals surface area contributed by atoms with Crippen molar-refractivity contribution in [3.63, 3.8) is 0 Å². The van der Waals surface area contributed by atoms with Gasteiger partial charge < -0.3 is 0 Å². The van der Waals surface area contributed by atoms with Gasteiger partial charge in [-0.15, -0.1) is 0 Å². The summed E-state index contributed by atoms with van der Waals surface area (Å²) in [6, 6.07) is 62.4. The minimum Gasteiger partial charge on any atom is -0.0826 e. The Morgan fingerprint density at radius 3 is 1.10 bits per heavy atom. The maximum absolute atomic E-state index is 7.09. The average Bonchev–Trinajstić information content (AvgIpc) is 3.07. The average molecular weight is 561 g/mol. The number of hydrogen-bond acceptors (Lipinski definition) is 1. The summed E-state index contributed by atoms with van der Waals surface area (Å²) in [6.07, 6.45) is 0. The molecule has 0 spiro atoms. The van der Waals surface area contributed by atoms with Crippen LogP contribution in [0.4, 0.5) is 0 Å². The maximum Gasteiger partial charge on any atom is 0.242 e. The summed E-state index contributed by atoms with van der Waals surface area (Å²) in [4.78, 5) is 0. The molecule has 6 aromatic rings.